The third kappa shape index (κ3) is 2.56. The number of benzene rings is 2. The van der Waals surface area contributed by atoms with Crippen LogP contribution in [-0.2, 0) is 0 Å². The molecule has 2 aromatic heterocycles. The fourth-order valence-electron chi connectivity index (χ4n) is 2.37. The SMILES string of the molecule is c1ccc2c(SSc3ccnc4ccccc34)ccnc2c1. The molecule has 0 N–H and O–H groups in total. The first-order valence-corrected chi connectivity index (χ1v) is 9.09. The lowest BCUT2D eigenvalue weighted by Crippen LogP contribution is -1.81. The first kappa shape index (κ1) is 13.6. The van der Waals surface area contributed by atoms with Gasteiger partial charge in [0.25, 0.3) is 0 Å². The molecule has 4 rings (SSSR count). The minimum Gasteiger partial charge on any atom is -0.256 e. The molecule has 2 heterocycles. The molecule has 2 nitrogen and oxygen atoms in total. The van der Waals surface area contributed by atoms with Crippen LogP contribution < -0.4 is 0 Å². The van der Waals surface area contributed by atoms with Gasteiger partial charge in [0.2, 0.25) is 0 Å². The molecule has 0 aliphatic rings. The summed E-state index contributed by atoms with van der Waals surface area (Å²) in [5.41, 5.74) is 2.07. The van der Waals surface area contributed by atoms with Gasteiger partial charge in [-0.2, -0.15) is 0 Å². The van der Waals surface area contributed by atoms with Crippen molar-refractivity contribution in [2.75, 3.05) is 0 Å². The highest BCUT2D eigenvalue weighted by Crippen LogP contribution is 2.42. The lowest BCUT2D eigenvalue weighted by atomic mass is 10.2. The van der Waals surface area contributed by atoms with E-state index in [4.69, 9.17) is 0 Å². The standard InChI is InChI=1S/C18H12N2S2/c1-3-7-15-13(5-1)17(9-11-19-15)21-22-18-10-12-20-16-8-4-2-6-14(16)18/h1-12H. The predicted molar refractivity (Wildman–Crippen MR) is 95.2 cm³/mol. The number of hydrogen-bond donors (Lipinski definition) is 0. The van der Waals surface area contributed by atoms with Crippen LogP contribution >= 0.6 is 21.6 Å². The molecule has 0 aliphatic carbocycles. The van der Waals surface area contributed by atoms with E-state index in [1.54, 1.807) is 21.6 Å². The zero-order valence-corrected chi connectivity index (χ0v) is 13.3. The maximum atomic E-state index is 4.41. The fraction of sp³-hybridized carbons (Fsp3) is 0. The van der Waals surface area contributed by atoms with E-state index < -0.39 is 0 Å². The molecule has 2 aromatic carbocycles. The van der Waals surface area contributed by atoms with E-state index in [9.17, 15) is 0 Å². The minimum absolute atomic E-state index is 1.03. The van der Waals surface area contributed by atoms with E-state index in [-0.39, 0.29) is 0 Å². The van der Waals surface area contributed by atoms with Crippen molar-refractivity contribution in [3.8, 4) is 0 Å². The number of fused-ring (bicyclic) bond motifs is 2. The van der Waals surface area contributed by atoms with Gasteiger partial charge in [0.1, 0.15) is 0 Å². The Morgan fingerprint density at radius 3 is 1.50 bits per heavy atom. The first-order chi connectivity index (χ1) is 10.9. The third-order valence-corrected chi connectivity index (χ3v) is 5.92. The molecule has 0 saturated heterocycles. The fourth-order valence-corrected chi connectivity index (χ4v) is 4.72. The summed E-state index contributed by atoms with van der Waals surface area (Å²) in [4.78, 5) is 11.3. The second-order valence-electron chi connectivity index (χ2n) is 4.82. The molecule has 4 heteroatoms. The van der Waals surface area contributed by atoms with Crippen molar-refractivity contribution < 1.29 is 0 Å². The number of pyridine rings is 2. The van der Waals surface area contributed by atoms with Crippen LogP contribution in [0.3, 0.4) is 0 Å². The molecular formula is C18H12N2S2. The highest BCUT2D eigenvalue weighted by atomic mass is 33.1. The van der Waals surface area contributed by atoms with Gasteiger partial charge in [0.05, 0.1) is 11.0 Å². The molecule has 0 aliphatic heterocycles. The second kappa shape index (κ2) is 5.99. The normalized spacial score (nSPS) is 11.1. The summed E-state index contributed by atoms with van der Waals surface area (Å²) in [7, 11) is 3.53. The summed E-state index contributed by atoms with van der Waals surface area (Å²) in [5, 5.41) is 2.39. The van der Waals surface area contributed by atoms with Crippen LogP contribution in [-0.4, -0.2) is 9.97 Å². The Bertz CT molecular complexity index is 864. The summed E-state index contributed by atoms with van der Waals surface area (Å²) >= 11 is 0. The largest absolute Gasteiger partial charge is 0.256 e. The molecule has 0 atom stereocenters. The highest BCUT2D eigenvalue weighted by Gasteiger charge is 2.06. The molecule has 22 heavy (non-hydrogen) atoms. The van der Waals surface area contributed by atoms with Crippen LogP contribution in [0.1, 0.15) is 0 Å². The van der Waals surface area contributed by atoms with E-state index in [1.165, 1.54) is 20.6 Å². The lowest BCUT2D eigenvalue weighted by molar-refractivity contribution is 1.35. The minimum atomic E-state index is 1.03. The van der Waals surface area contributed by atoms with Gasteiger partial charge < -0.3 is 0 Å². The summed E-state index contributed by atoms with van der Waals surface area (Å²) in [6, 6.07) is 20.6. The van der Waals surface area contributed by atoms with Crippen LogP contribution in [0.4, 0.5) is 0 Å². The number of nitrogens with zero attached hydrogens (tertiary/aromatic N) is 2. The summed E-state index contributed by atoms with van der Waals surface area (Å²) in [6.45, 7) is 0. The zero-order valence-electron chi connectivity index (χ0n) is 11.6. The molecule has 0 fully saturated rings. The van der Waals surface area contributed by atoms with Crippen molar-refractivity contribution >= 4 is 43.4 Å². The Hall–Kier alpha value is -2.04. The Morgan fingerprint density at radius 1 is 0.545 bits per heavy atom. The number of hydrogen-bond acceptors (Lipinski definition) is 4. The highest BCUT2D eigenvalue weighted by molar-refractivity contribution is 8.76. The van der Waals surface area contributed by atoms with Gasteiger partial charge in [-0.15, -0.1) is 0 Å². The smallest absolute Gasteiger partial charge is 0.0713 e. The third-order valence-electron chi connectivity index (χ3n) is 3.44. The van der Waals surface area contributed by atoms with Crippen LogP contribution in [0.5, 0.6) is 0 Å². The molecule has 0 amide bonds. The molecule has 0 bridgehead atoms. The van der Waals surface area contributed by atoms with Crippen molar-refractivity contribution in [2.24, 2.45) is 0 Å². The number of para-hydroxylation sites is 2. The van der Waals surface area contributed by atoms with E-state index in [0.717, 1.165) is 11.0 Å². The average Bonchev–Trinajstić information content (AvgIpc) is 2.60. The molecule has 0 unspecified atom stereocenters. The monoisotopic (exact) mass is 320 g/mol. The van der Waals surface area contributed by atoms with Crippen LogP contribution in [0.25, 0.3) is 21.8 Å². The van der Waals surface area contributed by atoms with Gasteiger partial charge in [0.15, 0.2) is 0 Å². The lowest BCUT2D eigenvalue weighted by Gasteiger charge is -2.07. The molecule has 4 aromatic rings. The van der Waals surface area contributed by atoms with Gasteiger partial charge >= 0.3 is 0 Å². The molecule has 0 spiro atoms. The maximum Gasteiger partial charge on any atom is 0.0713 e. The Labute approximate surface area is 136 Å². The first-order valence-electron chi connectivity index (χ1n) is 6.94. The van der Waals surface area contributed by atoms with E-state index in [2.05, 4.69) is 46.4 Å². The Balaban J connectivity index is 1.69. The average molecular weight is 320 g/mol. The molecule has 0 radical (unpaired) electrons. The van der Waals surface area contributed by atoms with E-state index in [1.807, 2.05) is 36.7 Å². The molecule has 106 valence electrons. The van der Waals surface area contributed by atoms with Gasteiger partial charge in [-0.05, 0) is 24.3 Å². The Morgan fingerprint density at radius 2 is 1.00 bits per heavy atom. The summed E-state index contributed by atoms with van der Waals surface area (Å²) in [5.74, 6) is 0. The van der Waals surface area contributed by atoms with Crippen LogP contribution in [0.15, 0.2) is 82.8 Å². The van der Waals surface area contributed by atoms with Gasteiger partial charge in [-0.3, -0.25) is 9.97 Å². The number of rotatable bonds is 3. The topological polar surface area (TPSA) is 25.8 Å². The van der Waals surface area contributed by atoms with Crippen molar-refractivity contribution in [2.45, 2.75) is 9.79 Å². The molecular weight excluding hydrogens is 308 g/mol. The number of aromatic nitrogens is 2. The van der Waals surface area contributed by atoms with Gasteiger partial charge in [0, 0.05) is 33.0 Å². The summed E-state index contributed by atoms with van der Waals surface area (Å²) in [6.07, 6.45) is 3.74. The van der Waals surface area contributed by atoms with E-state index >= 15 is 0 Å². The van der Waals surface area contributed by atoms with E-state index in [0.29, 0.717) is 0 Å². The summed E-state index contributed by atoms with van der Waals surface area (Å²) < 4.78 is 0. The maximum absolute atomic E-state index is 4.41. The predicted octanol–water partition coefficient (Wildman–Crippen LogP) is 5.58. The second-order valence-corrected chi connectivity index (χ2v) is 7.03. The quantitative estimate of drug-likeness (QED) is 0.460. The van der Waals surface area contributed by atoms with Crippen molar-refractivity contribution in [3.05, 3.63) is 73.1 Å². The van der Waals surface area contributed by atoms with Crippen molar-refractivity contribution in [3.63, 3.8) is 0 Å². The Kier molecular flexibility index (Phi) is 3.70. The van der Waals surface area contributed by atoms with Gasteiger partial charge in [-0.1, -0.05) is 58.0 Å². The van der Waals surface area contributed by atoms with Crippen molar-refractivity contribution in [1.82, 2.24) is 9.97 Å². The molecule has 0 saturated carbocycles. The zero-order chi connectivity index (χ0) is 14.8. The van der Waals surface area contributed by atoms with Gasteiger partial charge in [-0.25, -0.2) is 0 Å². The van der Waals surface area contributed by atoms with Crippen LogP contribution in [0, 0.1) is 0 Å². The van der Waals surface area contributed by atoms with Crippen molar-refractivity contribution in [1.29, 1.82) is 0 Å². The van der Waals surface area contributed by atoms with Crippen LogP contribution in [0.2, 0.25) is 0 Å².